The van der Waals surface area contributed by atoms with Crippen molar-refractivity contribution in [2.75, 3.05) is 6.67 Å². The van der Waals surface area contributed by atoms with E-state index in [0.29, 0.717) is 5.41 Å². The van der Waals surface area contributed by atoms with Gasteiger partial charge in [-0.05, 0) is 114 Å². The molecule has 0 radical (unpaired) electrons. The molecule has 0 unspecified atom stereocenters. The van der Waals surface area contributed by atoms with E-state index in [1.807, 2.05) is 115 Å². The van der Waals surface area contributed by atoms with Crippen LogP contribution in [0.5, 0.6) is 0 Å². The van der Waals surface area contributed by atoms with E-state index in [1.165, 1.54) is 56.1 Å². The second kappa shape index (κ2) is 18.0. The summed E-state index contributed by atoms with van der Waals surface area (Å²) in [7, 11) is 0. The van der Waals surface area contributed by atoms with E-state index in [9.17, 15) is 0 Å². The van der Waals surface area contributed by atoms with Crippen LogP contribution in [0.15, 0.2) is 169 Å². The lowest BCUT2D eigenvalue weighted by atomic mass is 9.99. The van der Waals surface area contributed by atoms with Gasteiger partial charge < -0.3 is 4.90 Å². The summed E-state index contributed by atoms with van der Waals surface area (Å²) in [6, 6.07) is 39.8. The number of nitrogens with one attached hydrogen (secondary N) is 2. The number of benzene rings is 4. The van der Waals surface area contributed by atoms with Crippen molar-refractivity contribution in [2.24, 2.45) is 5.10 Å². The molecule has 6 heteroatoms. The van der Waals surface area contributed by atoms with Gasteiger partial charge in [0.05, 0.1) is 11.7 Å². The van der Waals surface area contributed by atoms with Gasteiger partial charge >= 0.3 is 0 Å². The zero-order chi connectivity index (χ0) is 36.0. The van der Waals surface area contributed by atoms with Crippen molar-refractivity contribution in [3.8, 4) is 0 Å². The van der Waals surface area contributed by atoms with Crippen molar-refractivity contribution in [2.45, 2.75) is 56.8 Å². The van der Waals surface area contributed by atoms with Crippen LogP contribution in [0.3, 0.4) is 0 Å². The first-order valence-electron chi connectivity index (χ1n) is 18.8. The average Bonchev–Trinajstić information content (AvgIpc) is 3.88. The number of hydrogen-bond donors (Lipinski definition) is 2. The SMILES string of the molecule is C1=CC2=NNCN2C=C1.C1=Cc2ccncc2C1.c1ccc2[nH]ncc2c1.c1ccc2c(c1)CCC2.c1ccc2c(c1)CCC21CC1.c1ccccc1. The zero-order valence-electron chi connectivity index (χ0n) is 30.3. The maximum absolute atomic E-state index is 4.02. The number of aromatic nitrogens is 3. The first-order valence-corrected chi connectivity index (χ1v) is 18.8. The largest absolute Gasteiger partial charge is 0.312 e. The fourth-order valence-electron chi connectivity index (χ4n) is 7.20. The van der Waals surface area contributed by atoms with Gasteiger partial charge in [0.2, 0.25) is 0 Å². The molecule has 2 N–H and O–H groups in total. The Hall–Kier alpha value is -6.01. The van der Waals surface area contributed by atoms with Crippen molar-refractivity contribution in [1.29, 1.82) is 0 Å². The van der Waals surface area contributed by atoms with Crippen molar-refractivity contribution >= 4 is 22.8 Å². The van der Waals surface area contributed by atoms with Gasteiger partial charge in [-0.2, -0.15) is 10.2 Å². The van der Waals surface area contributed by atoms with Crippen LogP contribution >= 0.6 is 0 Å². The molecular weight excluding hydrogens is 649 g/mol. The predicted molar refractivity (Wildman–Crippen MR) is 219 cm³/mol. The van der Waals surface area contributed by atoms with Gasteiger partial charge in [-0.3, -0.25) is 15.5 Å². The fourth-order valence-corrected chi connectivity index (χ4v) is 7.20. The van der Waals surface area contributed by atoms with Crippen LogP contribution in [0.4, 0.5) is 0 Å². The Morgan fingerprint density at radius 3 is 2.06 bits per heavy atom. The highest BCUT2D eigenvalue weighted by Gasteiger charge is 2.47. The molecule has 4 aromatic carbocycles. The summed E-state index contributed by atoms with van der Waals surface area (Å²) in [5, 5.41) is 11.9. The third-order valence-corrected chi connectivity index (χ3v) is 10.3. The maximum atomic E-state index is 4.02. The molecule has 1 spiro atoms. The lowest BCUT2D eigenvalue weighted by Gasteiger charge is -2.12. The molecule has 4 heterocycles. The molecule has 1 saturated carbocycles. The summed E-state index contributed by atoms with van der Waals surface area (Å²) in [6.07, 6.45) is 28.5. The van der Waals surface area contributed by atoms with Gasteiger partial charge in [-0.1, -0.05) is 121 Å². The van der Waals surface area contributed by atoms with Gasteiger partial charge in [-0.15, -0.1) is 0 Å². The number of amidine groups is 1. The molecule has 2 aromatic heterocycles. The van der Waals surface area contributed by atoms with E-state index in [1.54, 1.807) is 22.3 Å². The van der Waals surface area contributed by atoms with Crippen molar-refractivity contribution in [3.63, 3.8) is 0 Å². The summed E-state index contributed by atoms with van der Waals surface area (Å²) in [4.78, 5) is 6.06. The number of rotatable bonds is 0. The molecule has 0 amide bonds. The van der Waals surface area contributed by atoms with Crippen molar-refractivity contribution in [1.82, 2.24) is 25.5 Å². The minimum Gasteiger partial charge on any atom is -0.312 e. The molecule has 1 fully saturated rings. The highest BCUT2D eigenvalue weighted by molar-refractivity contribution is 5.95. The minimum atomic E-state index is 0.677. The number of fused-ring (bicyclic) bond motifs is 6. The first kappa shape index (κ1) is 35.4. The summed E-state index contributed by atoms with van der Waals surface area (Å²) < 4.78 is 0. The molecule has 12 rings (SSSR count). The Bertz CT molecular complexity index is 2080. The molecule has 2 aliphatic heterocycles. The van der Waals surface area contributed by atoms with Gasteiger partial charge in [0.1, 0.15) is 6.67 Å². The third-order valence-electron chi connectivity index (χ3n) is 10.3. The van der Waals surface area contributed by atoms with Crippen LogP contribution in [0.25, 0.3) is 17.0 Å². The van der Waals surface area contributed by atoms with Gasteiger partial charge in [0.15, 0.2) is 5.84 Å². The zero-order valence-corrected chi connectivity index (χ0v) is 30.3. The summed E-state index contributed by atoms with van der Waals surface area (Å²) in [6.45, 7) is 0.802. The lowest BCUT2D eigenvalue weighted by Crippen LogP contribution is -2.23. The number of pyridine rings is 1. The van der Waals surface area contributed by atoms with Gasteiger partial charge in [-0.25, -0.2) is 0 Å². The monoisotopic (exact) mass is 696 g/mol. The van der Waals surface area contributed by atoms with E-state index >= 15 is 0 Å². The molecule has 6 aliphatic rings. The molecule has 6 aromatic rings. The number of hydrogen-bond acceptors (Lipinski definition) is 5. The molecular formula is C47H48N6. The Balaban J connectivity index is 0.0000000993. The third kappa shape index (κ3) is 9.66. The van der Waals surface area contributed by atoms with Crippen LogP contribution in [-0.2, 0) is 31.1 Å². The van der Waals surface area contributed by atoms with Crippen LogP contribution < -0.4 is 5.43 Å². The number of allylic oxidation sites excluding steroid dienone is 3. The second-order valence-electron chi connectivity index (χ2n) is 13.8. The van der Waals surface area contributed by atoms with E-state index in [-0.39, 0.29) is 0 Å². The number of hydrazone groups is 1. The standard InChI is InChI=1S/C11H12.C9H10.C8H7N.C7H6N2.C6H7N3.C6H6/c1-2-4-10-9(3-1)5-6-11(10)7-8-11;1-2-5-9-7-3-6-8(9)4-1;1-2-7-4-5-9-6-8(7)3-1;1-2-4-7-6(3-1)5-8-9-7;1-2-4-9-5-7-8-6(9)3-1;1-2-4-6-5-3-1/h1-4H,5-8H2;1-2,4-5H,3,6-7H2;1-2,4-6H,3H2;1-5H,(H,8,9);1-4,7H,5H2;1-6H. The Morgan fingerprint density at radius 1 is 0.623 bits per heavy atom. The Labute approximate surface area is 313 Å². The molecule has 0 saturated heterocycles. The van der Waals surface area contributed by atoms with Crippen molar-refractivity contribution in [3.05, 3.63) is 198 Å². The molecule has 266 valence electrons. The number of nitrogens with zero attached hydrogens (tertiary/aromatic N) is 4. The highest BCUT2D eigenvalue weighted by Crippen LogP contribution is 2.56. The van der Waals surface area contributed by atoms with Crippen LogP contribution in [-0.4, -0.2) is 32.6 Å². The number of H-pyrrole nitrogens is 1. The summed E-state index contributed by atoms with van der Waals surface area (Å²) >= 11 is 0. The Kier molecular flexibility index (Phi) is 12.0. The summed E-state index contributed by atoms with van der Waals surface area (Å²) in [5.41, 5.74) is 13.7. The number of para-hydroxylation sites is 1. The fraction of sp³-hybridized carbons (Fsp3) is 0.213. The molecule has 6 nitrogen and oxygen atoms in total. The molecule has 0 bridgehead atoms. The quantitative estimate of drug-likeness (QED) is 0.166. The number of aromatic amines is 1. The minimum absolute atomic E-state index is 0.677. The van der Waals surface area contributed by atoms with Crippen LogP contribution in [0, 0.1) is 0 Å². The number of aryl methyl sites for hydroxylation is 3. The van der Waals surface area contributed by atoms with Crippen molar-refractivity contribution < 1.29 is 0 Å². The smallest absolute Gasteiger partial charge is 0.153 e. The van der Waals surface area contributed by atoms with Crippen LogP contribution in [0.1, 0.15) is 59.1 Å². The molecule has 53 heavy (non-hydrogen) atoms. The average molecular weight is 697 g/mol. The first-order chi connectivity index (χ1) is 26.3. The van der Waals surface area contributed by atoms with E-state index < -0.39 is 0 Å². The second-order valence-corrected chi connectivity index (χ2v) is 13.8. The lowest BCUT2D eigenvalue weighted by molar-refractivity contribution is 0.550. The van der Waals surface area contributed by atoms with E-state index in [0.717, 1.165) is 29.8 Å². The maximum Gasteiger partial charge on any atom is 0.153 e. The normalized spacial score (nSPS) is 16.2. The molecule has 4 aliphatic carbocycles. The highest BCUT2D eigenvalue weighted by atomic mass is 15.5. The summed E-state index contributed by atoms with van der Waals surface area (Å²) in [5.74, 6) is 0.998. The van der Waals surface area contributed by atoms with E-state index in [4.69, 9.17) is 0 Å². The van der Waals surface area contributed by atoms with E-state index in [2.05, 4.69) is 86.4 Å². The van der Waals surface area contributed by atoms with Gasteiger partial charge in [0.25, 0.3) is 0 Å². The van der Waals surface area contributed by atoms with Gasteiger partial charge in [0, 0.05) is 24.0 Å². The van der Waals surface area contributed by atoms with Crippen LogP contribution in [0.2, 0.25) is 0 Å². The predicted octanol–water partition coefficient (Wildman–Crippen LogP) is 9.99. The topological polar surface area (TPSA) is 69.2 Å². The Morgan fingerprint density at radius 2 is 1.34 bits per heavy atom. The molecule has 0 atom stereocenters.